The lowest BCUT2D eigenvalue weighted by molar-refractivity contribution is -0.137. The van der Waals surface area contributed by atoms with E-state index < -0.39 is 11.7 Å². The Balaban J connectivity index is 1.99. The van der Waals surface area contributed by atoms with Gasteiger partial charge in [-0.25, -0.2) is 0 Å². The minimum atomic E-state index is -4.28. The van der Waals surface area contributed by atoms with Crippen molar-refractivity contribution in [2.45, 2.75) is 25.4 Å². The van der Waals surface area contributed by atoms with Crippen LogP contribution < -0.4 is 0 Å². The molecule has 18 heavy (non-hydrogen) atoms. The summed E-state index contributed by atoms with van der Waals surface area (Å²) in [6.07, 6.45) is 0.828. The first kappa shape index (κ1) is 12.9. The smallest absolute Gasteiger partial charge is 0.297 e. The molecule has 2 nitrogen and oxygen atoms in total. The summed E-state index contributed by atoms with van der Waals surface area (Å²) in [7, 11) is 0. The molecular formula is C13H15F3N2. The van der Waals surface area contributed by atoms with Crippen molar-refractivity contribution in [3.63, 3.8) is 0 Å². The van der Waals surface area contributed by atoms with Gasteiger partial charge in [0.1, 0.15) is 0 Å². The van der Waals surface area contributed by atoms with Crippen LogP contribution in [0, 0.1) is 0 Å². The Morgan fingerprint density at radius 2 is 1.61 bits per heavy atom. The van der Waals surface area contributed by atoms with Gasteiger partial charge in [0.25, 0.3) is 0 Å². The predicted octanol–water partition coefficient (Wildman–Crippen LogP) is 3.53. The second kappa shape index (κ2) is 5.42. The molecule has 1 saturated heterocycles. The first-order chi connectivity index (χ1) is 8.55. The SMILES string of the molecule is FC(F)(F)c1ccc(/C=N/N2CCCCC2)cc1. The van der Waals surface area contributed by atoms with Crippen LogP contribution in [0.2, 0.25) is 0 Å². The van der Waals surface area contributed by atoms with Crippen molar-refractivity contribution in [1.82, 2.24) is 5.01 Å². The van der Waals surface area contributed by atoms with Crippen LogP contribution in [0.15, 0.2) is 29.4 Å². The zero-order valence-electron chi connectivity index (χ0n) is 9.95. The summed E-state index contributed by atoms with van der Waals surface area (Å²) in [6.45, 7) is 1.86. The molecule has 0 unspecified atom stereocenters. The number of hydrogen-bond acceptors (Lipinski definition) is 2. The first-order valence-corrected chi connectivity index (χ1v) is 6.02. The zero-order chi connectivity index (χ0) is 13.0. The lowest BCUT2D eigenvalue weighted by Crippen LogP contribution is -2.24. The molecule has 5 heteroatoms. The molecule has 1 aliphatic rings. The van der Waals surface area contributed by atoms with Crippen LogP contribution >= 0.6 is 0 Å². The topological polar surface area (TPSA) is 15.6 Å². The molecule has 1 fully saturated rings. The van der Waals surface area contributed by atoms with E-state index in [9.17, 15) is 13.2 Å². The lowest BCUT2D eigenvalue weighted by atomic mass is 10.1. The number of hydrazone groups is 1. The van der Waals surface area contributed by atoms with Crippen LogP contribution in [-0.2, 0) is 6.18 Å². The molecule has 1 aromatic carbocycles. The van der Waals surface area contributed by atoms with E-state index in [1.807, 2.05) is 5.01 Å². The quantitative estimate of drug-likeness (QED) is 0.739. The molecule has 1 aromatic rings. The van der Waals surface area contributed by atoms with Crippen molar-refractivity contribution < 1.29 is 13.2 Å². The molecule has 0 saturated carbocycles. The third kappa shape index (κ3) is 3.48. The van der Waals surface area contributed by atoms with E-state index in [4.69, 9.17) is 0 Å². The van der Waals surface area contributed by atoms with Gasteiger partial charge in [0, 0.05) is 13.1 Å². The van der Waals surface area contributed by atoms with Gasteiger partial charge in [-0.2, -0.15) is 18.3 Å². The van der Waals surface area contributed by atoms with Gasteiger partial charge in [-0.15, -0.1) is 0 Å². The predicted molar refractivity (Wildman–Crippen MR) is 64.5 cm³/mol. The normalized spacial score (nSPS) is 17.4. The maximum absolute atomic E-state index is 12.4. The highest BCUT2D eigenvalue weighted by atomic mass is 19.4. The molecule has 0 spiro atoms. The maximum atomic E-state index is 12.4. The van der Waals surface area contributed by atoms with E-state index in [2.05, 4.69) is 5.10 Å². The molecule has 0 atom stereocenters. The van der Waals surface area contributed by atoms with Crippen LogP contribution in [-0.4, -0.2) is 24.3 Å². The van der Waals surface area contributed by atoms with E-state index >= 15 is 0 Å². The average Bonchev–Trinajstić information content (AvgIpc) is 2.37. The Morgan fingerprint density at radius 1 is 1.00 bits per heavy atom. The maximum Gasteiger partial charge on any atom is 0.416 e. The fraction of sp³-hybridized carbons (Fsp3) is 0.462. The van der Waals surface area contributed by atoms with Crippen LogP contribution in [0.25, 0.3) is 0 Å². The highest BCUT2D eigenvalue weighted by Crippen LogP contribution is 2.28. The summed E-state index contributed by atoms with van der Waals surface area (Å²) < 4.78 is 37.1. The summed E-state index contributed by atoms with van der Waals surface area (Å²) in [5.74, 6) is 0. The Hall–Kier alpha value is -1.52. The number of hydrogen-bond donors (Lipinski definition) is 0. The fourth-order valence-electron chi connectivity index (χ4n) is 1.90. The van der Waals surface area contributed by atoms with Crippen molar-refractivity contribution in [3.8, 4) is 0 Å². The molecule has 0 amide bonds. The number of nitrogens with zero attached hydrogens (tertiary/aromatic N) is 2. The number of alkyl halides is 3. The molecule has 0 bridgehead atoms. The van der Waals surface area contributed by atoms with Crippen LogP contribution in [0.5, 0.6) is 0 Å². The van der Waals surface area contributed by atoms with Crippen molar-refractivity contribution in [3.05, 3.63) is 35.4 Å². The van der Waals surface area contributed by atoms with Gasteiger partial charge in [-0.05, 0) is 37.0 Å². The molecule has 2 rings (SSSR count). The number of halogens is 3. The third-order valence-corrected chi connectivity index (χ3v) is 2.94. The largest absolute Gasteiger partial charge is 0.416 e. The van der Waals surface area contributed by atoms with E-state index in [0.717, 1.165) is 38.1 Å². The van der Waals surface area contributed by atoms with Gasteiger partial charge in [0.05, 0.1) is 11.8 Å². The van der Waals surface area contributed by atoms with Crippen molar-refractivity contribution in [2.24, 2.45) is 5.10 Å². The summed E-state index contributed by atoms with van der Waals surface area (Å²) >= 11 is 0. The van der Waals surface area contributed by atoms with E-state index in [-0.39, 0.29) is 0 Å². The molecule has 0 radical (unpaired) electrons. The Bertz CT molecular complexity index is 403. The van der Waals surface area contributed by atoms with Crippen LogP contribution in [0.4, 0.5) is 13.2 Å². The molecule has 98 valence electrons. The van der Waals surface area contributed by atoms with E-state index in [1.54, 1.807) is 6.21 Å². The standard InChI is InChI=1S/C13H15F3N2/c14-13(15,16)12-6-4-11(5-7-12)10-17-18-8-2-1-3-9-18/h4-7,10H,1-3,8-9H2/b17-10+. The number of piperidine rings is 1. The second-order valence-corrected chi connectivity index (χ2v) is 4.38. The van der Waals surface area contributed by atoms with Gasteiger partial charge in [-0.1, -0.05) is 12.1 Å². The summed E-state index contributed by atoms with van der Waals surface area (Å²) in [5, 5.41) is 6.23. The highest BCUT2D eigenvalue weighted by molar-refractivity contribution is 5.79. The van der Waals surface area contributed by atoms with Gasteiger partial charge in [0.2, 0.25) is 0 Å². The highest BCUT2D eigenvalue weighted by Gasteiger charge is 2.29. The van der Waals surface area contributed by atoms with Gasteiger partial charge < -0.3 is 0 Å². The number of benzene rings is 1. The van der Waals surface area contributed by atoms with E-state index in [1.165, 1.54) is 18.6 Å². The second-order valence-electron chi connectivity index (χ2n) is 4.38. The van der Waals surface area contributed by atoms with Gasteiger partial charge >= 0.3 is 6.18 Å². The van der Waals surface area contributed by atoms with Crippen LogP contribution in [0.1, 0.15) is 30.4 Å². The minimum absolute atomic E-state index is 0.627. The average molecular weight is 256 g/mol. The van der Waals surface area contributed by atoms with Gasteiger partial charge in [-0.3, -0.25) is 5.01 Å². The molecule has 1 heterocycles. The molecule has 0 aliphatic carbocycles. The van der Waals surface area contributed by atoms with Crippen LogP contribution in [0.3, 0.4) is 0 Å². The van der Waals surface area contributed by atoms with E-state index in [0.29, 0.717) is 5.56 Å². The van der Waals surface area contributed by atoms with Crippen molar-refractivity contribution in [1.29, 1.82) is 0 Å². The number of rotatable bonds is 2. The lowest BCUT2D eigenvalue weighted by Gasteiger charge is -2.23. The molecule has 0 N–H and O–H groups in total. The fourth-order valence-corrected chi connectivity index (χ4v) is 1.90. The summed E-state index contributed by atoms with van der Waals surface area (Å²) in [4.78, 5) is 0. The zero-order valence-corrected chi connectivity index (χ0v) is 9.95. The third-order valence-electron chi connectivity index (χ3n) is 2.94. The van der Waals surface area contributed by atoms with Crippen molar-refractivity contribution >= 4 is 6.21 Å². The first-order valence-electron chi connectivity index (χ1n) is 6.02. The monoisotopic (exact) mass is 256 g/mol. The van der Waals surface area contributed by atoms with Gasteiger partial charge in [0.15, 0.2) is 0 Å². The van der Waals surface area contributed by atoms with Crippen molar-refractivity contribution in [2.75, 3.05) is 13.1 Å². The summed E-state index contributed by atoms with van der Waals surface area (Å²) in [6, 6.07) is 5.04. The minimum Gasteiger partial charge on any atom is -0.297 e. The molecule has 1 aliphatic heterocycles. The molecular weight excluding hydrogens is 241 g/mol. The summed E-state index contributed by atoms with van der Waals surface area (Å²) in [5.41, 5.74) is 0.0613. The molecule has 0 aromatic heterocycles. The Morgan fingerprint density at radius 3 is 2.17 bits per heavy atom. The Kier molecular flexibility index (Phi) is 3.89. The Labute approximate surface area is 104 Å².